The van der Waals surface area contributed by atoms with Gasteiger partial charge in [0.05, 0.1) is 19.8 Å². The molecule has 0 aliphatic carbocycles. The minimum absolute atomic E-state index is 0.250. The molecule has 0 unspecified atom stereocenters. The quantitative estimate of drug-likeness (QED) is 0.915. The summed E-state index contributed by atoms with van der Waals surface area (Å²) in [5, 5.41) is 2.29. The molecule has 5 nitrogen and oxygen atoms in total. The van der Waals surface area contributed by atoms with Crippen molar-refractivity contribution in [2.24, 2.45) is 5.73 Å². The van der Waals surface area contributed by atoms with Gasteiger partial charge in [-0.05, 0) is 18.2 Å². The van der Waals surface area contributed by atoms with Gasteiger partial charge in [0.2, 0.25) is 0 Å². The number of aromatic nitrogens is 1. The molecule has 0 saturated carbocycles. The number of thiazole rings is 1. The van der Waals surface area contributed by atoms with Gasteiger partial charge in [-0.1, -0.05) is 0 Å². The molecule has 0 saturated heterocycles. The standard InChI is InChI=1S/C12H12N2O3S/c1-16-7-3-4-10(17-2)8(5-7)12-14-9(6-18-12)11(13)15/h3-6H,1-2H3,(H2,13,15). The summed E-state index contributed by atoms with van der Waals surface area (Å²) in [6.07, 6.45) is 0. The minimum Gasteiger partial charge on any atom is -0.497 e. The Morgan fingerprint density at radius 1 is 1.33 bits per heavy atom. The fourth-order valence-electron chi connectivity index (χ4n) is 1.49. The van der Waals surface area contributed by atoms with Crippen LogP contribution < -0.4 is 15.2 Å². The van der Waals surface area contributed by atoms with Gasteiger partial charge in [0, 0.05) is 5.38 Å². The molecule has 2 aromatic rings. The molecule has 1 aromatic carbocycles. The number of rotatable bonds is 4. The van der Waals surface area contributed by atoms with Gasteiger partial charge in [-0.15, -0.1) is 11.3 Å². The molecule has 18 heavy (non-hydrogen) atoms. The fraction of sp³-hybridized carbons (Fsp3) is 0.167. The highest BCUT2D eigenvalue weighted by molar-refractivity contribution is 7.13. The molecule has 6 heteroatoms. The van der Waals surface area contributed by atoms with Crippen molar-refractivity contribution in [2.75, 3.05) is 14.2 Å². The highest BCUT2D eigenvalue weighted by atomic mass is 32.1. The van der Waals surface area contributed by atoms with Crippen molar-refractivity contribution in [3.8, 4) is 22.1 Å². The van der Waals surface area contributed by atoms with Crippen LogP contribution in [0.15, 0.2) is 23.6 Å². The van der Waals surface area contributed by atoms with Crippen LogP contribution in [0.5, 0.6) is 11.5 Å². The monoisotopic (exact) mass is 264 g/mol. The molecule has 0 fully saturated rings. The predicted molar refractivity (Wildman–Crippen MR) is 69.2 cm³/mol. The van der Waals surface area contributed by atoms with Crippen molar-refractivity contribution in [3.63, 3.8) is 0 Å². The first-order chi connectivity index (χ1) is 8.65. The summed E-state index contributed by atoms with van der Waals surface area (Å²) in [5.74, 6) is 0.821. The summed E-state index contributed by atoms with van der Waals surface area (Å²) in [6.45, 7) is 0. The molecule has 1 amide bonds. The molecule has 0 atom stereocenters. The van der Waals surface area contributed by atoms with Crippen LogP contribution in [0.4, 0.5) is 0 Å². The van der Waals surface area contributed by atoms with Crippen LogP contribution in [0.3, 0.4) is 0 Å². The van der Waals surface area contributed by atoms with Crippen molar-refractivity contribution in [2.45, 2.75) is 0 Å². The van der Waals surface area contributed by atoms with Crippen molar-refractivity contribution in [1.29, 1.82) is 0 Å². The highest BCUT2D eigenvalue weighted by Gasteiger charge is 2.13. The molecule has 0 radical (unpaired) electrons. The first-order valence-corrected chi connectivity index (χ1v) is 6.01. The van der Waals surface area contributed by atoms with E-state index in [1.54, 1.807) is 31.7 Å². The lowest BCUT2D eigenvalue weighted by molar-refractivity contribution is 0.0996. The second-order valence-electron chi connectivity index (χ2n) is 3.47. The van der Waals surface area contributed by atoms with Crippen molar-refractivity contribution in [1.82, 2.24) is 4.98 Å². The van der Waals surface area contributed by atoms with Crippen LogP contribution in [0.25, 0.3) is 10.6 Å². The number of methoxy groups -OCH3 is 2. The maximum atomic E-state index is 11.0. The van der Waals surface area contributed by atoms with E-state index in [1.807, 2.05) is 6.07 Å². The van der Waals surface area contributed by atoms with Crippen LogP contribution in [0.1, 0.15) is 10.5 Å². The van der Waals surface area contributed by atoms with Gasteiger partial charge in [-0.25, -0.2) is 4.98 Å². The van der Waals surface area contributed by atoms with Gasteiger partial charge in [0.1, 0.15) is 22.2 Å². The molecule has 1 heterocycles. The van der Waals surface area contributed by atoms with Crippen LogP contribution in [-0.4, -0.2) is 25.1 Å². The Bertz CT molecular complexity index is 580. The fourth-order valence-corrected chi connectivity index (χ4v) is 2.32. The summed E-state index contributed by atoms with van der Waals surface area (Å²) < 4.78 is 10.4. The third-order valence-electron chi connectivity index (χ3n) is 2.39. The lowest BCUT2D eigenvalue weighted by atomic mass is 10.2. The second kappa shape index (κ2) is 5.05. The van der Waals surface area contributed by atoms with Gasteiger partial charge >= 0.3 is 0 Å². The van der Waals surface area contributed by atoms with E-state index < -0.39 is 5.91 Å². The lowest BCUT2D eigenvalue weighted by Crippen LogP contribution is -2.10. The van der Waals surface area contributed by atoms with Gasteiger partial charge in [0.15, 0.2) is 0 Å². The summed E-state index contributed by atoms with van der Waals surface area (Å²) in [7, 11) is 3.16. The number of nitrogens with zero attached hydrogens (tertiary/aromatic N) is 1. The number of primary amides is 1. The van der Waals surface area contributed by atoms with Crippen LogP contribution in [0, 0.1) is 0 Å². The maximum absolute atomic E-state index is 11.0. The average molecular weight is 264 g/mol. The number of amides is 1. The Kier molecular flexibility index (Phi) is 3.47. The normalized spacial score (nSPS) is 10.1. The van der Waals surface area contributed by atoms with Gasteiger partial charge < -0.3 is 15.2 Å². The van der Waals surface area contributed by atoms with E-state index in [1.165, 1.54) is 11.3 Å². The Morgan fingerprint density at radius 3 is 2.67 bits per heavy atom. The number of ether oxygens (including phenoxy) is 2. The summed E-state index contributed by atoms with van der Waals surface area (Å²) in [6, 6.07) is 5.40. The summed E-state index contributed by atoms with van der Waals surface area (Å²) in [5.41, 5.74) is 6.20. The Hall–Kier alpha value is -2.08. The number of carbonyl (C=O) groups is 1. The zero-order valence-corrected chi connectivity index (χ0v) is 10.8. The zero-order chi connectivity index (χ0) is 13.1. The number of nitrogens with two attached hydrogens (primary N) is 1. The summed E-state index contributed by atoms with van der Waals surface area (Å²) >= 11 is 1.33. The number of carbonyl (C=O) groups excluding carboxylic acids is 1. The molecule has 0 spiro atoms. The predicted octanol–water partition coefficient (Wildman–Crippen LogP) is 1.93. The molecular weight excluding hydrogens is 252 g/mol. The SMILES string of the molecule is COc1ccc(OC)c(-c2nc(C(N)=O)cs2)c1. The van der Waals surface area contributed by atoms with E-state index in [0.29, 0.717) is 16.5 Å². The average Bonchev–Trinajstić information content (AvgIpc) is 2.87. The van der Waals surface area contributed by atoms with E-state index in [-0.39, 0.29) is 5.69 Å². The first-order valence-electron chi connectivity index (χ1n) is 5.13. The zero-order valence-electron chi connectivity index (χ0n) is 9.97. The van der Waals surface area contributed by atoms with Gasteiger partial charge in [-0.2, -0.15) is 0 Å². The van der Waals surface area contributed by atoms with E-state index in [2.05, 4.69) is 4.98 Å². The minimum atomic E-state index is -0.542. The molecule has 2 rings (SSSR count). The van der Waals surface area contributed by atoms with E-state index in [0.717, 1.165) is 5.56 Å². The second-order valence-corrected chi connectivity index (χ2v) is 4.33. The first kappa shape index (κ1) is 12.4. The highest BCUT2D eigenvalue weighted by Crippen LogP contribution is 2.35. The third kappa shape index (κ3) is 2.28. The maximum Gasteiger partial charge on any atom is 0.268 e. The van der Waals surface area contributed by atoms with E-state index in [4.69, 9.17) is 15.2 Å². The third-order valence-corrected chi connectivity index (χ3v) is 3.27. The van der Waals surface area contributed by atoms with Crippen molar-refractivity contribution >= 4 is 17.2 Å². The molecular formula is C12H12N2O3S. The largest absolute Gasteiger partial charge is 0.497 e. The van der Waals surface area contributed by atoms with Crippen LogP contribution in [-0.2, 0) is 0 Å². The van der Waals surface area contributed by atoms with Crippen LogP contribution in [0.2, 0.25) is 0 Å². The molecule has 0 aliphatic heterocycles. The molecule has 0 aliphatic rings. The van der Waals surface area contributed by atoms with Gasteiger partial charge in [0.25, 0.3) is 5.91 Å². The van der Waals surface area contributed by atoms with Crippen molar-refractivity contribution < 1.29 is 14.3 Å². The van der Waals surface area contributed by atoms with E-state index in [9.17, 15) is 4.79 Å². The Labute approximate surface area is 108 Å². The molecule has 0 bridgehead atoms. The van der Waals surface area contributed by atoms with Gasteiger partial charge in [-0.3, -0.25) is 4.79 Å². The topological polar surface area (TPSA) is 74.4 Å². The summed E-state index contributed by atoms with van der Waals surface area (Å²) in [4.78, 5) is 15.2. The lowest BCUT2D eigenvalue weighted by Gasteiger charge is -2.07. The van der Waals surface area contributed by atoms with E-state index >= 15 is 0 Å². The molecule has 94 valence electrons. The Morgan fingerprint density at radius 2 is 2.11 bits per heavy atom. The molecule has 1 aromatic heterocycles. The van der Waals surface area contributed by atoms with Crippen molar-refractivity contribution in [3.05, 3.63) is 29.3 Å². The Balaban J connectivity index is 2.50. The number of hydrogen-bond donors (Lipinski definition) is 1. The van der Waals surface area contributed by atoms with Crippen LogP contribution >= 0.6 is 11.3 Å². The molecule has 2 N–H and O–H groups in total. The number of benzene rings is 1. The number of hydrogen-bond acceptors (Lipinski definition) is 5. The smallest absolute Gasteiger partial charge is 0.268 e.